The lowest BCUT2D eigenvalue weighted by atomic mass is 10.1. The van der Waals surface area contributed by atoms with Crippen LogP contribution >= 0.6 is 0 Å². The number of halogens is 1. The number of ketones is 1. The molecule has 6 nitrogen and oxygen atoms in total. The van der Waals surface area contributed by atoms with Gasteiger partial charge in [-0.15, -0.1) is 0 Å². The first-order chi connectivity index (χ1) is 15.1. The first-order valence-corrected chi connectivity index (χ1v) is 14.4. The molecule has 0 radical (unpaired) electrons. The van der Waals surface area contributed by atoms with Crippen molar-refractivity contribution in [2.75, 3.05) is 39.2 Å². The third-order valence-corrected chi connectivity index (χ3v) is 7.53. The largest absolute Gasteiger partial charge is 1.00 e. The maximum absolute atomic E-state index is 12.3. The van der Waals surface area contributed by atoms with Crippen molar-refractivity contribution in [2.24, 2.45) is 0 Å². The van der Waals surface area contributed by atoms with Gasteiger partial charge < -0.3 is 32.9 Å². The maximum atomic E-state index is 12.3. The smallest absolute Gasteiger partial charge is 0.263 e. The van der Waals surface area contributed by atoms with E-state index in [4.69, 9.17) is 4.42 Å². The summed E-state index contributed by atoms with van der Waals surface area (Å²) in [5, 5.41) is 0. The second kappa shape index (κ2) is 17.9. The summed E-state index contributed by atoms with van der Waals surface area (Å²) in [5.74, 6) is 1.31. The number of Topliss-reactive ketones (excluding diaryl/α,β-unsaturated/α-hetero) is 1. The molecule has 1 aromatic heterocycles. The summed E-state index contributed by atoms with van der Waals surface area (Å²) in [4.78, 5) is 16.4. The van der Waals surface area contributed by atoms with Gasteiger partial charge in [0.2, 0.25) is 5.78 Å². The van der Waals surface area contributed by atoms with Crippen molar-refractivity contribution in [1.82, 2.24) is 4.98 Å². The molecule has 0 atom stereocenters. The van der Waals surface area contributed by atoms with Crippen molar-refractivity contribution in [3.05, 3.63) is 17.8 Å². The van der Waals surface area contributed by atoms with E-state index in [0.717, 1.165) is 30.3 Å². The standard InChI is InChI=1S/C25H47N2O4S.HI/c1-5-6-7-8-9-10-11-12-13-18-24(28)25-26-22-23(31-25)17-14-15-20-32(29,30)21-16-19-27(2,3)4;/h22H,5-21H2,1-4H3;1H/q+1;/p-1. The minimum absolute atomic E-state index is 0. The van der Waals surface area contributed by atoms with Gasteiger partial charge in [-0.25, -0.2) is 13.4 Å². The molecule has 1 heterocycles. The predicted molar refractivity (Wildman–Crippen MR) is 132 cm³/mol. The average molecular weight is 599 g/mol. The van der Waals surface area contributed by atoms with Crippen LogP contribution in [0.15, 0.2) is 10.6 Å². The molecule has 0 aliphatic rings. The van der Waals surface area contributed by atoms with Crippen LogP contribution in [0.5, 0.6) is 0 Å². The summed E-state index contributed by atoms with van der Waals surface area (Å²) in [6.07, 6.45) is 15.7. The molecule has 0 aliphatic carbocycles. The van der Waals surface area contributed by atoms with E-state index in [0.29, 0.717) is 31.4 Å². The molecule has 33 heavy (non-hydrogen) atoms. The van der Waals surface area contributed by atoms with E-state index in [-0.39, 0.29) is 47.2 Å². The number of quaternary nitrogens is 1. The van der Waals surface area contributed by atoms with Gasteiger partial charge >= 0.3 is 0 Å². The van der Waals surface area contributed by atoms with E-state index in [1.54, 1.807) is 6.20 Å². The van der Waals surface area contributed by atoms with Crippen molar-refractivity contribution in [3.8, 4) is 0 Å². The van der Waals surface area contributed by atoms with Gasteiger partial charge in [-0.3, -0.25) is 4.79 Å². The number of rotatable bonds is 20. The van der Waals surface area contributed by atoms with Gasteiger partial charge in [-0.2, -0.15) is 0 Å². The average Bonchev–Trinajstić information content (AvgIpc) is 3.18. The Balaban J connectivity index is 0.0000102. The van der Waals surface area contributed by atoms with Gasteiger partial charge in [0.1, 0.15) is 5.76 Å². The van der Waals surface area contributed by atoms with E-state index >= 15 is 0 Å². The number of hydrogen-bond donors (Lipinski definition) is 0. The van der Waals surface area contributed by atoms with Crippen LogP contribution in [0.4, 0.5) is 0 Å². The van der Waals surface area contributed by atoms with Gasteiger partial charge in [0.15, 0.2) is 9.84 Å². The Morgan fingerprint density at radius 3 is 2.06 bits per heavy atom. The first-order valence-electron chi connectivity index (χ1n) is 12.6. The van der Waals surface area contributed by atoms with Crippen molar-refractivity contribution >= 4 is 15.6 Å². The molecular formula is C25H47IN2O4S. The number of oxazole rings is 1. The number of hydrogen-bond acceptors (Lipinski definition) is 5. The summed E-state index contributed by atoms with van der Waals surface area (Å²) < 4.78 is 30.7. The van der Waals surface area contributed by atoms with Crippen molar-refractivity contribution in [1.29, 1.82) is 0 Å². The lowest BCUT2D eigenvalue weighted by Crippen LogP contribution is -3.00. The van der Waals surface area contributed by atoms with E-state index in [1.807, 2.05) is 0 Å². The zero-order chi connectivity index (χ0) is 23.9. The van der Waals surface area contributed by atoms with Gasteiger partial charge in [0.05, 0.1) is 45.4 Å². The van der Waals surface area contributed by atoms with Gasteiger partial charge in [-0.05, 0) is 19.3 Å². The molecule has 0 N–H and O–H groups in total. The summed E-state index contributed by atoms with van der Waals surface area (Å²) in [6, 6.07) is 0. The summed E-state index contributed by atoms with van der Waals surface area (Å²) in [5.41, 5.74) is 0. The summed E-state index contributed by atoms with van der Waals surface area (Å²) in [6.45, 7) is 3.09. The third kappa shape index (κ3) is 17.6. The highest BCUT2D eigenvalue weighted by Crippen LogP contribution is 2.14. The molecule has 0 aliphatic heterocycles. The molecule has 1 rings (SSSR count). The molecule has 0 amide bonds. The highest BCUT2D eigenvalue weighted by atomic mass is 127. The summed E-state index contributed by atoms with van der Waals surface area (Å²) in [7, 11) is 3.21. The van der Waals surface area contributed by atoms with E-state index in [2.05, 4.69) is 33.1 Å². The number of carbonyl (C=O) groups excluding carboxylic acids is 1. The molecule has 8 heteroatoms. The zero-order valence-electron chi connectivity index (χ0n) is 21.4. The first kappa shape index (κ1) is 32.5. The molecule has 0 spiro atoms. The van der Waals surface area contributed by atoms with Crippen LogP contribution in [0.25, 0.3) is 0 Å². The Kier molecular flexibility index (Phi) is 17.6. The fourth-order valence-corrected chi connectivity index (χ4v) is 5.15. The molecular weight excluding hydrogens is 551 g/mol. The highest BCUT2D eigenvalue weighted by Gasteiger charge is 2.15. The van der Waals surface area contributed by atoms with Gasteiger partial charge in [-0.1, -0.05) is 58.3 Å². The van der Waals surface area contributed by atoms with Crippen LogP contribution in [-0.2, 0) is 16.3 Å². The Morgan fingerprint density at radius 2 is 1.45 bits per heavy atom. The number of carbonyl (C=O) groups is 1. The SMILES string of the molecule is CCCCCCCCCCCC(=O)c1ncc(CCCCS(=O)(=O)CCC[N+](C)(C)C)o1.[I-]. The minimum atomic E-state index is -3.00. The number of aryl methyl sites for hydroxylation is 1. The van der Waals surface area contributed by atoms with Crippen LogP contribution in [0.1, 0.15) is 107 Å². The number of sulfone groups is 1. The minimum Gasteiger partial charge on any atom is -1.00 e. The van der Waals surface area contributed by atoms with Gasteiger partial charge in [0, 0.05) is 19.3 Å². The molecule has 0 bridgehead atoms. The summed E-state index contributed by atoms with van der Waals surface area (Å²) >= 11 is 0. The topological polar surface area (TPSA) is 77.2 Å². The van der Waals surface area contributed by atoms with Crippen LogP contribution in [-0.4, -0.2) is 62.9 Å². The monoisotopic (exact) mass is 598 g/mol. The fraction of sp³-hybridized carbons (Fsp3) is 0.840. The molecule has 0 saturated heterocycles. The van der Waals surface area contributed by atoms with Crippen molar-refractivity contribution < 1.29 is 46.1 Å². The fourth-order valence-electron chi connectivity index (χ4n) is 3.74. The molecule has 0 fully saturated rings. The predicted octanol–water partition coefficient (Wildman–Crippen LogP) is 2.62. The lowest BCUT2D eigenvalue weighted by Gasteiger charge is -2.23. The van der Waals surface area contributed by atoms with Gasteiger partial charge in [0.25, 0.3) is 5.89 Å². The van der Waals surface area contributed by atoms with Crippen molar-refractivity contribution in [3.63, 3.8) is 0 Å². The second-order valence-electron chi connectivity index (χ2n) is 10.1. The van der Waals surface area contributed by atoms with E-state index in [9.17, 15) is 13.2 Å². The molecule has 1 aromatic rings. The van der Waals surface area contributed by atoms with E-state index in [1.165, 1.54) is 44.9 Å². The molecule has 0 aromatic carbocycles. The third-order valence-electron chi connectivity index (χ3n) is 5.71. The number of aromatic nitrogens is 1. The highest BCUT2D eigenvalue weighted by molar-refractivity contribution is 7.91. The number of unbranched alkanes of at least 4 members (excludes halogenated alkanes) is 9. The molecule has 0 unspecified atom stereocenters. The Labute approximate surface area is 219 Å². The quantitative estimate of drug-likeness (QED) is 0.0999. The maximum Gasteiger partial charge on any atom is 0.263 e. The zero-order valence-corrected chi connectivity index (χ0v) is 24.4. The lowest BCUT2D eigenvalue weighted by molar-refractivity contribution is -0.870. The normalized spacial score (nSPS) is 12.0. The Bertz CT molecular complexity index is 742. The Hall–Kier alpha value is -0.480. The molecule has 0 saturated carbocycles. The van der Waals surface area contributed by atoms with Crippen molar-refractivity contribution in [2.45, 2.75) is 96.8 Å². The van der Waals surface area contributed by atoms with Crippen LogP contribution in [0.2, 0.25) is 0 Å². The molecule has 194 valence electrons. The number of nitrogens with zero attached hydrogens (tertiary/aromatic N) is 2. The Morgan fingerprint density at radius 1 is 0.879 bits per heavy atom. The second-order valence-corrected chi connectivity index (χ2v) is 12.4. The van der Waals surface area contributed by atoms with Crippen LogP contribution < -0.4 is 24.0 Å². The van der Waals surface area contributed by atoms with Crippen LogP contribution in [0, 0.1) is 0 Å². The van der Waals surface area contributed by atoms with E-state index < -0.39 is 9.84 Å². The van der Waals surface area contributed by atoms with Crippen LogP contribution in [0.3, 0.4) is 0 Å².